The standard InChI is InChI=1S/C25H33O2P/c1-23(2)17-24(3,4)21(25(5,6)18-23)22(26)28(27,19-13-9-7-10-14-19)20-15-11-8-12-16-20/h7-16,21H,17-18H2,1-6H3. The molecule has 0 amide bonds. The van der Waals surface area contributed by atoms with Crippen LogP contribution in [0.25, 0.3) is 0 Å². The van der Waals surface area contributed by atoms with E-state index < -0.39 is 7.14 Å². The summed E-state index contributed by atoms with van der Waals surface area (Å²) in [4.78, 5) is 14.2. The minimum Gasteiger partial charge on any atom is -0.306 e. The van der Waals surface area contributed by atoms with Crippen molar-refractivity contribution < 1.29 is 9.36 Å². The number of hydrogen-bond donors (Lipinski definition) is 0. The smallest absolute Gasteiger partial charge is 0.205 e. The van der Waals surface area contributed by atoms with Crippen molar-refractivity contribution in [3.63, 3.8) is 0 Å². The van der Waals surface area contributed by atoms with E-state index in [1.165, 1.54) is 0 Å². The van der Waals surface area contributed by atoms with Crippen LogP contribution in [0.15, 0.2) is 60.7 Å². The van der Waals surface area contributed by atoms with Gasteiger partial charge in [-0.25, -0.2) is 0 Å². The molecule has 1 aliphatic carbocycles. The van der Waals surface area contributed by atoms with Gasteiger partial charge in [0, 0.05) is 16.5 Å². The first-order chi connectivity index (χ1) is 12.9. The Labute approximate surface area is 170 Å². The first-order valence-electron chi connectivity index (χ1n) is 10.2. The molecule has 1 saturated carbocycles. The zero-order chi connectivity index (χ0) is 20.8. The number of hydrogen-bond acceptors (Lipinski definition) is 2. The highest BCUT2D eigenvalue weighted by atomic mass is 31.2. The third-order valence-electron chi connectivity index (χ3n) is 6.23. The molecule has 0 heterocycles. The lowest BCUT2D eigenvalue weighted by molar-refractivity contribution is -0.132. The fraction of sp³-hybridized carbons (Fsp3) is 0.480. The summed E-state index contributed by atoms with van der Waals surface area (Å²) in [6.45, 7) is 13.3. The van der Waals surface area contributed by atoms with Crippen LogP contribution in [-0.2, 0) is 9.36 Å². The fourth-order valence-corrected chi connectivity index (χ4v) is 9.37. The van der Waals surface area contributed by atoms with Crippen LogP contribution in [-0.4, -0.2) is 5.52 Å². The molecular formula is C25H33O2P. The summed E-state index contributed by atoms with van der Waals surface area (Å²) < 4.78 is 14.6. The van der Waals surface area contributed by atoms with Crippen molar-refractivity contribution in [3.8, 4) is 0 Å². The lowest BCUT2D eigenvalue weighted by Gasteiger charge is -2.55. The largest absolute Gasteiger partial charge is 0.306 e. The lowest BCUT2D eigenvalue weighted by Crippen LogP contribution is -2.51. The minimum absolute atomic E-state index is 0.0876. The zero-order valence-electron chi connectivity index (χ0n) is 18.0. The van der Waals surface area contributed by atoms with Gasteiger partial charge in [0.1, 0.15) is 0 Å². The van der Waals surface area contributed by atoms with E-state index in [4.69, 9.17) is 0 Å². The Morgan fingerprint density at radius 1 is 0.750 bits per heavy atom. The molecule has 2 nitrogen and oxygen atoms in total. The maximum atomic E-state index is 14.6. The van der Waals surface area contributed by atoms with Crippen LogP contribution in [0.3, 0.4) is 0 Å². The molecule has 28 heavy (non-hydrogen) atoms. The molecule has 2 aromatic carbocycles. The van der Waals surface area contributed by atoms with Gasteiger partial charge >= 0.3 is 0 Å². The van der Waals surface area contributed by atoms with Crippen LogP contribution in [0.1, 0.15) is 54.4 Å². The summed E-state index contributed by atoms with van der Waals surface area (Å²) in [7, 11) is -3.42. The highest BCUT2D eigenvalue weighted by molar-refractivity contribution is 7.93. The van der Waals surface area contributed by atoms with E-state index in [0.29, 0.717) is 10.6 Å². The number of carbonyl (C=O) groups is 1. The third kappa shape index (κ3) is 3.64. The van der Waals surface area contributed by atoms with Crippen molar-refractivity contribution in [3.05, 3.63) is 60.7 Å². The first-order valence-corrected chi connectivity index (χ1v) is 11.9. The number of carbonyl (C=O) groups excluding carboxylic acids is 1. The van der Waals surface area contributed by atoms with Crippen LogP contribution in [0.2, 0.25) is 0 Å². The molecule has 1 aliphatic rings. The van der Waals surface area contributed by atoms with E-state index in [2.05, 4.69) is 41.5 Å². The van der Waals surface area contributed by atoms with Gasteiger partial charge in [-0.1, -0.05) is 102 Å². The van der Waals surface area contributed by atoms with Crippen LogP contribution < -0.4 is 10.6 Å². The van der Waals surface area contributed by atoms with E-state index >= 15 is 0 Å². The molecule has 0 aromatic heterocycles. The molecule has 0 spiro atoms. The predicted octanol–water partition coefficient (Wildman–Crippen LogP) is 6.02. The Bertz CT molecular complexity index is 831. The maximum absolute atomic E-state index is 14.6. The van der Waals surface area contributed by atoms with Crippen molar-refractivity contribution in [1.29, 1.82) is 0 Å². The minimum atomic E-state index is -3.42. The molecule has 3 heteroatoms. The summed E-state index contributed by atoms with van der Waals surface area (Å²) in [5.74, 6) is -0.265. The van der Waals surface area contributed by atoms with Crippen molar-refractivity contribution in [2.45, 2.75) is 54.4 Å². The Hall–Kier alpha value is -1.66. The van der Waals surface area contributed by atoms with Crippen LogP contribution >= 0.6 is 7.14 Å². The Morgan fingerprint density at radius 2 is 1.11 bits per heavy atom. The van der Waals surface area contributed by atoms with E-state index in [-0.39, 0.29) is 27.7 Å². The van der Waals surface area contributed by atoms with Gasteiger partial charge in [-0.2, -0.15) is 0 Å². The zero-order valence-corrected chi connectivity index (χ0v) is 18.9. The molecule has 0 aliphatic heterocycles. The van der Waals surface area contributed by atoms with Crippen molar-refractivity contribution in [2.24, 2.45) is 22.2 Å². The number of rotatable bonds is 4. The monoisotopic (exact) mass is 396 g/mol. The topological polar surface area (TPSA) is 34.1 Å². The first kappa shape index (κ1) is 21.1. The second-order valence-corrected chi connectivity index (χ2v) is 13.2. The second kappa shape index (κ2) is 6.99. The molecular weight excluding hydrogens is 363 g/mol. The molecule has 0 bridgehead atoms. The molecule has 0 radical (unpaired) electrons. The van der Waals surface area contributed by atoms with Gasteiger partial charge in [-0.05, 0) is 29.1 Å². The second-order valence-electron chi connectivity index (χ2n) is 10.5. The van der Waals surface area contributed by atoms with Gasteiger partial charge in [-0.3, -0.25) is 4.79 Å². The van der Waals surface area contributed by atoms with Crippen molar-refractivity contribution in [1.82, 2.24) is 0 Å². The lowest BCUT2D eigenvalue weighted by atomic mass is 9.51. The normalized spacial score (nSPS) is 21.2. The average Bonchev–Trinajstić information content (AvgIpc) is 2.59. The highest BCUT2D eigenvalue weighted by Crippen LogP contribution is 2.62. The average molecular weight is 397 g/mol. The van der Waals surface area contributed by atoms with Crippen LogP contribution in [0.4, 0.5) is 0 Å². The van der Waals surface area contributed by atoms with E-state index in [0.717, 1.165) is 12.8 Å². The molecule has 1 fully saturated rings. The molecule has 0 unspecified atom stereocenters. The summed E-state index contributed by atoms with van der Waals surface area (Å²) >= 11 is 0. The maximum Gasteiger partial charge on any atom is 0.205 e. The van der Waals surface area contributed by atoms with Crippen LogP contribution in [0, 0.1) is 22.2 Å². The Morgan fingerprint density at radius 3 is 1.46 bits per heavy atom. The van der Waals surface area contributed by atoms with E-state index in [9.17, 15) is 9.36 Å². The summed E-state index contributed by atoms with van der Waals surface area (Å²) in [6.07, 6.45) is 1.90. The number of benzene rings is 2. The Balaban J connectivity index is 2.19. The molecule has 3 rings (SSSR count). The molecule has 0 atom stereocenters. The SMILES string of the molecule is CC1(C)CC(C)(C)C(C(=O)P(=O)(c2ccccc2)c2ccccc2)C(C)(C)C1. The van der Waals surface area contributed by atoms with Crippen LogP contribution in [0.5, 0.6) is 0 Å². The van der Waals surface area contributed by atoms with E-state index in [1.54, 1.807) is 0 Å². The fourth-order valence-electron chi connectivity index (χ4n) is 6.32. The van der Waals surface area contributed by atoms with Crippen molar-refractivity contribution in [2.75, 3.05) is 0 Å². The predicted molar refractivity (Wildman–Crippen MR) is 119 cm³/mol. The molecule has 2 aromatic rings. The van der Waals surface area contributed by atoms with Gasteiger partial charge in [0.05, 0.1) is 0 Å². The van der Waals surface area contributed by atoms with E-state index in [1.807, 2.05) is 60.7 Å². The highest BCUT2D eigenvalue weighted by Gasteiger charge is 2.57. The molecule has 150 valence electrons. The summed E-state index contributed by atoms with van der Waals surface area (Å²) in [5, 5.41) is 1.28. The van der Waals surface area contributed by atoms with Gasteiger partial charge in [0.15, 0.2) is 0 Å². The summed E-state index contributed by atoms with van der Waals surface area (Å²) in [6, 6.07) is 18.7. The quantitative estimate of drug-likeness (QED) is 0.593. The van der Waals surface area contributed by atoms with Gasteiger partial charge in [-0.15, -0.1) is 0 Å². The van der Waals surface area contributed by atoms with Gasteiger partial charge in [0.25, 0.3) is 0 Å². The molecule has 0 saturated heterocycles. The van der Waals surface area contributed by atoms with Gasteiger partial charge in [0.2, 0.25) is 12.7 Å². The summed E-state index contributed by atoms with van der Waals surface area (Å²) in [5.41, 5.74) is -0.369. The van der Waals surface area contributed by atoms with Gasteiger partial charge < -0.3 is 4.57 Å². The Kier molecular flexibility index (Phi) is 5.26. The molecule has 0 N–H and O–H groups in total. The van der Waals surface area contributed by atoms with Crippen molar-refractivity contribution >= 4 is 23.3 Å². The third-order valence-corrected chi connectivity index (χ3v) is 9.16.